The lowest BCUT2D eigenvalue weighted by Crippen LogP contribution is -2.24. The maximum absolute atomic E-state index is 4.96. The van der Waals surface area contributed by atoms with Gasteiger partial charge in [0, 0.05) is 12.7 Å². The molecule has 0 atom stereocenters. The zero-order valence-electron chi connectivity index (χ0n) is 8.01. The molecule has 1 aromatic rings. The summed E-state index contributed by atoms with van der Waals surface area (Å²) in [6.07, 6.45) is 0. The number of nitrogens with zero attached hydrogens (tertiary/aromatic N) is 1. The lowest BCUT2D eigenvalue weighted by atomic mass is 10.2. The quantitative estimate of drug-likeness (QED) is 0.668. The van der Waals surface area contributed by atoms with E-state index in [-0.39, 0.29) is 0 Å². The highest BCUT2D eigenvalue weighted by atomic mass is 32.1. The van der Waals surface area contributed by atoms with Crippen LogP contribution in [0.4, 0.5) is 5.82 Å². The average molecular weight is 195 g/mol. The minimum absolute atomic E-state index is 0.581. The first-order chi connectivity index (χ1) is 6.11. The van der Waals surface area contributed by atoms with E-state index in [1.807, 2.05) is 26.0 Å². The van der Waals surface area contributed by atoms with Crippen LogP contribution >= 0.6 is 12.2 Å². The molecule has 0 aliphatic carbocycles. The molecule has 0 radical (unpaired) electrons. The molecule has 0 unspecified atom stereocenters. The number of aromatic nitrogens is 1. The molecule has 4 heteroatoms. The van der Waals surface area contributed by atoms with Crippen LogP contribution in [-0.2, 0) is 0 Å². The second kappa shape index (κ2) is 4.18. The Labute approximate surface area is 83.6 Å². The van der Waals surface area contributed by atoms with Gasteiger partial charge in [-0.05, 0) is 43.8 Å². The summed E-state index contributed by atoms with van der Waals surface area (Å²) in [6.45, 7) is 3.99. The molecule has 2 N–H and O–H groups in total. The second-order valence-corrected chi connectivity index (χ2v) is 3.28. The summed E-state index contributed by atoms with van der Waals surface area (Å²) >= 11 is 4.96. The molecule has 0 aliphatic rings. The Morgan fingerprint density at radius 2 is 2.08 bits per heavy atom. The Hall–Kier alpha value is -1.16. The summed E-state index contributed by atoms with van der Waals surface area (Å²) in [4.78, 5) is 4.28. The van der Waals surface area contributed by atoms with Crippen molar-refractivity contribution in [2.45, 2.75) is 13.8 Å². The van der Waals surface area contributed by atoms with Crippen LogP contribution in [-0.4, -0.2) is 17.1 Å². The number of thiocarbonyl (C=S) groups is 1. The highest BCUT2D eigenvalue weighted by molar-refractivity contribution is 7.80. The molecule has 0 saturated carbocycles. The number of anilines is 1. The summed E-state index contributed by atoms with van der Waals surface area (Å²) in [7, 11) is 1.78. The van der Waals surface area contributed by atoms with E-state index in [4.69, 9.17) is 12.2 Å². The predicted molar refractivity (Wildman–Crippen MR) is 59.0 cm³/mol. The second-order valence-electron chi connectivity index (χ2n) is 2.88. The van der Waals surface area contributed by atoms with Crippen molar-refractivity contribution < 1.29 is 0 Å². The van der Waals surface area contributed by atoms with Gasteiger partial charge in [0.2, 0.25) is 0 Å². The third kappa shape index (κ3) is 2.99. The maximum atomic E-state index is 4.96. The molecule has 1 rings (SSSR count). The third-order valence-electron chi connectivity index (χ3n) is 1.57. The van der Waals surface area contributed by atoms with E-state index in [9.17, 15) is 0 Å². The molecule has 0 fully saturated rings. The van der Waals surface area contributed by atoms with Crippen LogP contribution in [0.3, 0.4) is 0 Å². The summed E-state index contributed by atoms with van der Waals surface area (Å²) in [5.74, 6) is 0.789. The molecule has 0 bridgehead atoms. The molecule has 0 aliphatic heterocycles. The van der Waals surface area contributed by atoms with E-state index < -0.39 is 0 Å². The van der Waals surface area contributed by atoms with Crippen LogP contribution in [0.15, 0.2) is 12.1 Å². The number of nitrogens with one attached hydrogen (secondary N) is 2. The normalized spacial score (nSPS) is 9.46. The summed E-state index contributed by atoms with van der Waals surface area (Å²) in [5, 5.41) is 6.40. The minimum atomic E-state index is 0.581. The van der Waals surface area contributed by atoms with E-state index in [1.165, 1.54) is 5.56 Å². The predicted octanol–water partition coefficient (Wildman–Crippen LogP) is 1.61. The number of hydrogen-bond donors (Lipinski definition) is 2. The Bertz CT molecular complexity index is 302. The van der Waals surface area contributed by atoms with E-state index in [0.717, 1.165) is 11.5 Å². The van der Waals surface area contributed by atoms with E-state index >= 15 is 0 Å². The molecule has 1 heterocycles. The van der Waals surface area contributed by atoms with E-state index in [1.54, 1.807) is 7.05 Å². The standard InChI is InChI=1S/C9H13N3S/c1-6-4-7(2)11-8(5-6)12-9(13)10-3/h4-5H,1-3H3,(H2,10,11,12,13). The van der Waals surface area contributed by atoms with Crippen molar-refractivity contribution in [3.8, 4) is 0 Å². The van der Waals surface area contributed by atoms with Gasteiger partial charge >= 0.3 is 0 Å². The molecule has 0 saturated heterocycles. The van der Waals surface area contributed by atoms with Gasteiger partial charge in [0.25, 0.3) is 0 Å². The van der Waals surface area contributed by atoms with Crippen molar-refractivity contribution in [1.29, 1.82) is 0 Å². The largest absolute Gasteiger partial charge is 0.365 e. The van der Waals surface area contributed by atoms with Crippen LogP contribution < -0.4 is 10.6 Å². The summed E-state index contributed by atoms with van der Waals surface area (Å²) in [6, 6.07) is 3.98. The number of rotatable bonds is 1. The van der Waals surface area contributed by atoms with E-state index in [2.05, 4.69) is 15.6 Å². The van der Waals surface area contributed by atoms with Crippen molar-refractivity contribution in [2.24, 2.45) is 0 Å². The van der Waals surface area contributed by atoms with Gasteiger partial charge in [0.15, 0.2) is 5.11 Å². The van der Waals surface area contributed by atoms with Crippen LogP contribution in [0, 0.1) is 13.8 Å². The highest BCUT2D eigenvalue weighted by Crippen LogP contribution is 2.08. The van der Waals surface area contributed by atoms with Crippen molar-refractivity contribution in [2.75, 3.05) is 12.4 Å². The van der Waals surface area contributed by atoms with Gasteiger partial charge in [0.1, 0.15) is 5.82 Å². The van der Waals surface area contributed by atoms with Crippen molar-refractivity contribution >= 4 is 23.1 Å². The first-order valence-corrected chi connectivity index (χ1v) is 4.46. The van der Waals surface area contributed by atoms with Gasteiger partial charge in [0.05, 0.1) is 0 Å². The number of pyridine rings is 1. The first-order valence-electron chi connectivity index (χ1n) is 4.06. The lowest BCUT2D eigenvalue weighted by Gasteiger charge is -2.07. The maximum Gasteiger partial charge on any atom is 0.171 e. The van der Waals surface area contributed by atoms with Gasteiger partial charge in [-0.2, -0.15) is 0 Å². The molecule has 0 spiro atoms. The van der Waals surface area contributed by atoms with Gasteiger partial charge in [-0.3, -0.25) is 0 Å². The fourth-order valence-electron chi connectivity index (χ4n) is 1.08. The van der Waals surface area contributed by atoms with Gasteiger partial charge in [-0.1, -0.05) is 0 Å². The molecular weight excluding hydrogens is 182 g/mol. The van der Waals surface area contributed by atoms with Crippen LogP contribution in [0.2, 0.25) is 0 Å². The third-order valence-corrected chi connectivity index (χ3v) is 1.87. The summed E-state index contributed by atoms with van der Waals surface area (Å²) in [5.41, 5.74) is 2.16. The summed E-state index contributed by atoms with van der Waals surface area (Å²) < 4.78 is 0. The Morgan fingerprint density at radius 3 is 2.62 bits per heavy atom. The first kappa shape index (κ1) is 9.92. The zero-order valence-corrected chi connectivity index (χ0v) is 8.83. The minimum Gasteiger partial charge on any atom is -0.365 e. The molecule has 0 amide bonds. The SMILES string of the molecule is CNC(=S)Nc1cc(C)cc(C)n1. The van der Waals surface area contributed by atoms with Crippen molar-refractivity contribution in [3.63, 3.8) is 0 Å². The van der Waals surface area contributed by atoms with Crippen LogP contribution in [0.5, 0.6) is 0 Å². The lowest BCUT2D eigenvalue weighted by molar-refractivity contribution is 1.15. The van der Waals surface area contributed by atoms with Gasteiger partial charge < -0.3 is 10.6 Å². The molecule has 0 aromatic carbocycles. The Morgan fingerprint density at radius 1 is 1.38 bits per heavy atom. The van der Waals surface area contributed by atoms with Gasteiger partial charge in [-0.15, -0.1) is 0 Å². The number of hydrogen-bond acceptors (Lipinski definition) is 2. The molecule has 3 nitrogen and oxygen atoms in total. The van der Waals surface area contributed by atoms with Crippen LogP contribution in [0.25, 0.3) is 0 Å². The fourth-order valence-corrected chi connectivity index (χ4v) is 1.19. The Balaban J connectivity index is 2.83. The van der Waals surface area contributed by atoms with Crippen molar-refractivity contribution in [1.82, 2.24) is 10.3 Å². The van der Waals surface area contributed by atoms with Crippen LogP contribution in [0.1, 0.15) is 11.3 Å². The topological polar surface area (TPSA) is 37.0 Å². The van der Waals surface area contributed by atoms with Gasteiger partial charge in [-0.25, -0.2) is 4.98 Å². The molecule has 13 heavy (non-hydrogen) atoms. The highest BCUT2D eigenvalue weighted by Gasteiger charge is 1.98. The van der Waals surface area contributed by atoms with E-state index in [0.29, 0.717) is 5.11 Å². The Kier molecular flexibility index (Phi) is 3.19. The van der Waals surface area contributed by atoms with Crippen molar-refractivity contribution in [3.05, 3.63) is 23.4 Å². The molecule has 70 valence electrons. The molecule has 1 aromatic heterocycles. The number of aryl methyl sites for hydroxylation is 2. The monoisotopic (exact) mass is 195 g/mol. The zero-order chi connectivity index (χ0) is 9.84. The smallest absolute Gasteiger partial charge is 0.171 e. The molecular formula is C9H13N3S. The average Bonchev–Trinajstić information content (AvgIpc) is 2.02. The fraction of sp³-hybridized carbons (Fsp3) is 0.333.